The van der Waals surface area contributed by atoms with Crippen LogP contribution in [-0.4, -0.2) is 69.2 Å². The number of aromatic nitrogens is 2. The Balaban J connectivity index is 1.16. The molecule has 0 radical (unpaired) electrons. The second-order valence-electron chi connectivity index (χ2n) is 12.1. The Morgan fingerprint density at radius 3 is 2.49 bits per heavy atom. The van der Waals surface area contributed by atoms with Crippen LogP contribution in [0.5, 0.6) is 0 Å². The number of carboxylic acids is 1. The van der Waals surface area contributed by atoms with Gasteiger partial charge in [-0.25, -0.2) is 9.37 Å². The van der Waals surface area contributed by atoms with Crippen molar-refractivity contribution >= 4 is 17.0 Å². The van der Waals surface area contributed by atoms with E-state index in [-0.39, 0.29) is 17.8 Å². The van der Waals surface area contributed by atoms with Gasteiger partial charge in [-0.2, -0.15) is 0 Å². The second-order valence-corrected chi connectivity index (χ2v) is 12.1. The Morgan fingerprint density at radius 1 is 1.03 bits per heavy atom. The molecule has 2 aromatic carbocycles. The Kier molecular flexibility index (Phi) is 7.72. The highest BCUT2D eigenvalue weighted by molar-refractivity contribution is 5.76. The number of carbonyl (C=O) groups is 1. The van der Waals surface area contributed by atoms with Gasteiger partial charge in [0.15, 0.2) is 0 Å². The van der Waals surface area contributed by atoms with E-state index in [0.717, 1.165) is 88.1 Å². The maximum absolute atomic E-state index is 13.8. The fraction of sp³-hybridized carbons (Fsp3) is 0.562. The number of benzene rings is 2. The number of aryl methyl sites for hydroxylation is 1. The fourth-order valence-electron chi connectivity index (χ4n) is 7.85. The summed E-state index contributed by atoms with van der Waals surface area (Å²) in [4.78, 5) is 22.1. The van der Waals surface area contributed by atoms with Gasteiger partial charge in [0.1, 0.15) is 17.7 Å². The van der Waals surface area contributed by atoms with Gasteiger partial charge in [-0.05, 0) is 62.1 Å². The van der Waals surface area contributed by atoms with Gasteiger partial charge < -0.3 is 14.6 Å². The third-order valence-corrected chi connectivity index (χ3v) is 9.68. The number of likely N-dealkylation sites (tertiary alicyclic amines) is 2. The molecule has 6 rings (SSSR count). The van der Waals surface area contributed by atoms with Gasteiger partial charge in [0.2, 0.25) is 0 Å². The molecule has 3 heterocycles. The van der Waals surface area contributed by atoms with E-state index in [1.54, 1.807) is 0 Å². The predicted octanol–water partition coefficient (Wildman–Crippen LogP) is 5.87. The Morgan fingerprint density at radius 2 is 1.77 bits per heavy atom. The van der Waals surface area contributed by atoms with Crippen molar-refractivity contribution in [3.63, 3.8) is 0 Å². The first-order valence-electron chi connectivity index (χ1n) is 14.9. The van der Waals surface area contributed by atoms with Crippen molar-refractivity contribution in [2.75, 3.05) is 32.7 Å². The van der Waals surface area contributed by atoms with Crippen LogP contribution in [0.4, 0.5) is 4.39 Å². The van der Waals surface area contributed by atoms with E-state index in [2.05, 4.69) is 49.7 Å². The maximum atomic E-state index is 13.8. The summed E-state index contributed by atoms with van der Waals surface area (Å²) >= 11 is 0. The van der Waals surface area contributed by atoms with E-state index >= 15 is 0 Å². The number of nitrogens with zero attached hydrogens (tertiary/aromatic N) is 4. The van der Waals surface area contributed by atoms with E-state index in [0.29, 0.717) is 17.9 Å². The fourth-order valence-corrected chi connectivity index (χ4v) is 7.85. The van der Waals surface area contributed by atoms with Crippen LogP contribution in [0.3, 0.4) is 0 Å². The highest BCUT2D eigenvalue weighted by Crippen LogP contribution is 2.39. The molecule has 39 heavy (non-hydrogen) atoms. The lowest BCUT2D eigenvalue weighted by Crippen LogP contribution is -2.46. The molecule has 0 amide bonds. The summed E-state index contributed by atoms with van der Waals surface area (Å²) in [7, 11) is 0. The summed E-state index contributed by atoms with van der Waals surface area (Å²) in [6, 6.07) is 15.6. The van der Waals surface area contributed by atoms with Gasteiger partial charge in [-0.15, -0.1) is 0 Å². The van der Waals surface area contributed by atoms with Crippen molar-refractivity contribution in [1.82, 2.24) is 19.4 Å². The zero-order valence-corrected chi connectivity index (χ0v) is 23.0. The summed E-state index contributed by atoms with van der Waals surface area (Å²) in [6.45, 7) is 6.71. The van der Waals surface area contributed by atoms with Gasteiger partial charge in [0, 0.05) is 50.7 Å². The molecule has 3 aliphatic rings. The number of fused-ring (bicyclic) bond motifs is 1. The van der Waals surface area contributed by atoms with E-state index in [1.807, 2.05) is 13.0 Å². The molecule has 7 heteroatoms. The van der Waals surface area contributed by atoms with Crippen LogP contribution in [0.1, 0.15) is 68.3 Å². The number of rotatable bonds is 7. The van der Waals surface area contributed by atoms with Crippen LogP contribution in [-0.2, 0) is 4.79 Å². The minimum absolute atomic E-state index is 0.242. The number of carboxylic acid groups (broad SMARTS) is 1. The van der Waals surface area contributed by atoms with Crippen LogP contribution in [0.2, 0.25) is 0 Å². The van der Waals surface area contributed by atoms with Gasteiger partial charge >= 0.3 is 5.97 Å². The Bertz CT molecular complexity index is 1280. The normalized spacial score (nSPS) is 24.9. The topological polar surface area (TPSA) is 61.6 Å². The van der Waals surface area contributed by atoms with Crippen LogP contribution < -0.4 is 0 Å². The monoisotopic (exact) mass is 532 g/mol. The van der Waals surface area contributed by atoms with Crippen LogP contribution in [0.15, 0.2) is 48.5 Å². The van der Waals surface area contributed by atoms with Gasteiger partial charge in [0.25, 0.3) is 0 Å². The van der Waals surface area contributed by atoms with Gasteiger partial charge in [-0.1, -0.05) is 49.6 Å². The molecule has 1 N–H and O–H groups in total. The predicted molar refractivity (Wildman–Crippen MR) is 151 cm³/mol. The number of imidazole rings is 1. The van der Waals surface area contributed by atoms with Gasteiger partial charge in [-0.3, -0.25) is 9.69 Å². The number of piperidine rings is 1. The molecule has 3 atom stereocenters. The molecule has 1 aliphatic carbocycles. The maximum Gasteiger partial charge on any atom is 0.321 e. The van der Waals surface area contributed by atoms with Crippen molar-refractivity contribution in [3.8, 4) is 0 Å². The van der Waals surface area contributed by atoms with E-state index < -0.39 is 5.97 Å². The van der Waals surface area contributed by atoms with E-state index in [4.69, 9.17) is 0 Å². The Hall–Kier alpha value is -2.77. The van der Waals surface area contributed by atoms with Crippen LogP contribution in [0, 0.1) is 24.6 Å². The molecule has 3 aromatic rings. The third-order valence-electron chi connectivity index (χ3n) is 9.68. The number of hydrogen-bond acceptors (Lipinski definition) is 4. The SMILES string of the molecule is Cc1nc2cc(F)ccc2n1C1CCN(CC2CN(C(C(=O)O)C3CCCCC3)CC2c2ccccc2)CC1. The first-order chi connectivity index (χ1) is 19.0. The molecule has 3 fully saturated rings. The number of hydrogen-bond donors (Lipinski definition) is 1. The first kappa shape index (κ1) is 26.5. The van der Waals surface area contributed by atoms with E-state index in [1.165, 1.54) is 24.1 Å². The lowest BCUT2D eigenvalue weighted by molar-refractivity contribution is -0.145. The summed E-state index contributed by atoms with van der Waals surface area (Å²) < 4.78 is 16.1. The van der Waals surface area contributed by atoms with Crippen molar-refractivity contribution in [2.24, 2.45) is 11.8 Å². The molecule has 0 spiro atoms. The van der Waals surface area contributed by atoms with Crippen LogP contribution >= 0.6 is 0 Å². The lowest BCUT2D eigenvalue weighted by atomic mass is 9.83. The van der Waals surface area contributed by atoms with Crippen molar-refractivity contribution in [1.29, 1.82) is 0 Å². The first-order valence-corrected chi connectivity index (χ1v) is 14.9. The summed E-state index contributed by atoms with van der Waals surface area (Å²) in [6.07, 6.45) is 7.70. The quantitative estimate of drug-likeness (QED) is 0.412. The minimum atomic E-state index is -0.641. The Labute approximate surface area is 230 Å². The zero-order valence-electron chi connectivity index (χ0n) is 23.0. The molecule has 2 saturated heterocycles. The van der Waals surface area contributed by atoms with Crippen molar-refractivity contribution < 1.29 is 14.3 Å². The zero-order chi connectivity index (χ0) is 26.9. The summed E-state index contributed by atoms with van der Waals surface area (Å²) in [5.41, 5.74) is 3.09. The standard InChI is InChI=1S/C32H41FN4O2/c1-22-34-29-18-26(33)12-13-30(29)37(22)27-14-16-35(17-15-27)19-25-20-36(21-28(25)23-8-4-2-5-9-23)31(32(38)39)24-10-6-3-7-11-24/h2,4-5,8-9,12-13,18,24-25,27-28,31H,3,6-7,10-11,14-17,19-21H2,1H3,(H,38,39). The molecule has 2 aliphatic heterocycles. The van der Waals surface area contributed by atoms with E-state index in [9.17, 15) is 14.3 Å². The van der Waals surface area contributed by atoms with Gasteiger partial charge in [0.05, 0.1) is 11.0 Å². The lowest BCUT2D eigenvalue weighted by Gasteiger charge is -2.36. The molecule has 208 valence electrons. The number of halogens is 1. The van der Waals surface area contributed by atoms with Crippen LogP contribution in [0.25, 0.3) is 11.0 Å². The highest BCUT2D eigenvalue weighted by Gasteiger charge is 2.43. The number of aliphatic carboxylic acids is 1. The highest BCUT2D eigenvalue weighted by atomic mass is 19.1. The molecule has 1 saturated carbocycles. The summed E-state index contributed by atoms with van der Waals surface area (Å²) in [5.74, 6) is 1.10. The molecular weight excluding hydrogens is 491 g/mol. The summed E-state index contributed by atoms with van der Waals surface area (Å²) in [5, 5.41) is 10.3. The average Bonchev–Trinajstić information content (AvgIpc) is 3.49. The largest absolute Gasteiger partial charge is 0.480 e. The second kappa shape index (κ2) is 11.4. The van der Waals surface area contributed by atoms with Crippen molar-refractivity contribution in [3.05, 3.63) is 65.7 Å². The smallest absolute Gasteiger partial charge is 0.321 e. The molecule has 0 bridgehead atoms. The third kappa shape index (κ3) is 5.48. The minimum Gasteiger partial charge on any atom is -0.480 e. The molecule has 3 unspecified atom stereocenters. The average molecular weight is 533 g/mol. The molecular formula is C32H41FN4O2. The van der Waals surface area contributed by atoms with Crippen molar-refractivity contribution in [2.45, 2.75) is 69.9 Å². The molecule has 1 aromatic heterocycles. The molecule has 6 nitrogen and oxygen atoms in total.